The van der Waals surface area contributed by atoms with E-state index in [4.69, 9.17) is 10.5 Å². The predicted octanol–water partition coefficient (Wildman–Crippen LogP) is 3.91. The molecule has 3 nitrogen and oxygen atoms in total. The second-order valence-corrected chi connectivity index (χ2v) is 8.10. The minimum Gasteiger partial charge on any atom is -0.469 e. The smallest absolute Gasteiger partial charge is 0.306 e. The fraction of sp³-hybridized carbons (Fsp3) is 0.688. The van der Waals surface area contributed by atoms with Crippen LogP contribution in [0, 0.1) is 12.3 Å². The Kier molecular flexibility index (Phi) is 5.74. The molecule has 1 aromatic rings. The number of hydrogen-bond acceptors (Lipinski definition) is 5. The molecule has 0 aromatic carbocycles. The summed E-state index contributed by atoms with van der Waals surface area (Å²) in [7, 11) is 1.47. The topological polar surface area (TPSA) is 52.3 Å². The molecule has 21 heavy (non-hydrogen) atoms. The zero-order chi connectivity index (χ0) is 15.5. The first kappa shape index (κ1) is 16.8. The van der Waals surface area contributed by atoms with Crippen molar-refractivity contribution in [3.63, 3.8) is 0 Å². The molecule has 0 bridgehead atoms. The molecule has 2 rings (SSSR count). The molecule has 2 N–H and O–H groups in total. The van der Waals surface area contributed by atoms with Gasteiger partial charge in [0.15, 0.2) is 0 Å². The molecule has 1 aliphatic carbocycles. The van der Waals surface area contributed by atoms with Gasteiger partial charge in [0.05, 0.1) is 18.8 Å². The van der Waals surface area contributed by atoms with E-state index in [1.165, 1.54) is 17.6 Å². The average Bonchev–Trinajstić information content (AvgIpc) is 3.11. The van der Waals surface area contributed by atoms with Crippen LogP contribution < -0.4 is 5.73 Å². The molecule has 118 valence electrons. The summed E-state index contributed by atoms with van der Waals surface area (Å²) < 4.78 is 4.82. The quantitative estimate of drug-likeness (QED) is 0.736. The lowest BCUT2D eigenvalue weighted by molar-refractivity contribution is -0.141. The van der Waals surface area contributed by atoms with Crippen LogP contribution in [0.1, 0.15) is 48.3 Å². The summed E-state index contributed by atoms with van der Waals surface area (Å²) in [4.78, 5) is 12.9. The van der Waals surface area contributed by atoms with Crippen molar-refractivity contribution in [2.24, 2.45) is 11.1 Å². The van der Waals surface area contributed by atoms with Gasteiger partial charge in [-0.1, -0.05) is 6.92 Å². The maximum absolute atomic E-state index is 11.5. The Hall–Kier alpha value is -0.520. The molecule has 0 aliphatic heterocycles. The molecule has 1 heterocycles. The van der Waals surface area contributed by atoms with E-state index < -0.39 is 0 Å². The van der Waals surface area contributed by atoms with E-state index in [9.17, 15) is 4.79 Å². The van der Waals surface area contributed by atoms with Gasteiger partial charge in [0.25, 0.3) is 0 Å². The van der Waals surface area contributed by atoms with Crippen molar-refractivity contribution in [1.82, 2.24) is 0 Å². The van der Waals surface area contributed by atoms with Gasteiger partial charge in [-0.05, 0) is 48.6 Å². The third kappa shape index (κ3) is 4.24. The fourth-order valence-corrected chi connectivity index (χ4v) is 5.53. The predicted molar refractivity (Wildman–Crippen MR) is 90.8 cm³/mol. The number of ether oxygens (including phenoxy) is 1. The minimum absolute atomic E-state index is 0.0863. The number of rotatable bonds is 8. The Bertz CT molecular complexity index is 482. The van der Waals surface area contributed by atoms with E-state index >= 15 is 0 Å². The third-order valence-electron chi connectivity index (χ3n) is 4.29. The van der Waals surface area contributed by atoms with Crippen molar-refractivity contribution in [3.05, 3.63) is 21.9 Å². The molecular formula is C16H25NO2S2. The number of thiophene rings is 1. The van der Waals surface area contributed by atoms with Crippen LogP contribution in [-0.2, 0) is 9.53 Å². The molecular weight excluding hydrogens is 302 g/mol. The molecule has 2 atom stereocenters. The summed E-state index contributed by atoms with van der Waals surface area (Å²) >= 11 is 3.72. The maximum Gasteiger partial charge on any atom is 0.306 e. The van der Waals surface area contributed by atoms with Crippen molar-refractivity contribution >= 4 is 29.1 Å². The first-order valence-corrected chi connectivity index (χ1v) is 9.42. The van der Waals surface area contributed by atoms with Gasteiger partial charge < -0.3 is 10.5 Å². The molecule has 0 saturated heterocycles. The third-order valence-corrected chi connectivity index (χ3v) is 7.27. The number of thioether (sulfide) groups is 1. The Labute approximate surface area is 135 Å². The van der Waals surface area contributed by atoms with Crippen LogP contribution in [-0.4, -0.2) is 24.9 Å². The van der Waals surface area contributed by atoms with E-state index in [0.29, 0.717) is 11.7 Å². The highest BCUT2D eigenvalue weighted by Gasteiger charge is 2.45. The van der Waals surface area contributed by atoms with Gasteiger partial charge in [0.1, 0.15) is 0 Å². The number of carbonyl (C=O) groups is 1. The van der Waals surface area contributed by atoms with Gasteiger partial charge >= 0.3 is 5.97 Å². The normalized spacial score (nSPS) is 19.0. The van der Waals surface area contributed by atoms with E-state index in [1.54, 1.807) is 11.3 Å². The summed E-state index contributed by atoms with van der Waals surface area (Å²) in [6.07, 6.45) is 3.78. The summed E-state index contributed by atoms with van der Waals surface area (Å²) in [5.74, 6) is 0.911. The standard InChI is InChI=1S/C16H25NO2S2/c1-4-12(17)15(14-11(2)5-8-20-14)21-10-16(6-7-16)9-13(18)19-3/h5,8,12,15H,4,6-7,9-10,17H2,1-3H3. The average molecular weight is 328 g/mol. The summed E-state index contributed by atoms with van der Waals surface area (Å²) in [6.45, 7) is 4.30. The number of esters is 1. The molecule has 0 spiro atoms. The SMILES string of the molecule is CCC(N)C(SCC1(CC(=O)OC)CC1)c1sccc1C. The maximum atomic E-state index is 11.5. The molecule has 1 saturated carbocycles. The summed E-state index contributed by atoms with van der Waals surface area (Å²) in [6, 6.07) is 2.33. The molecule has 1 aromatic heterocycles. The number of hydrogen-bond donors (Lipinski definition) is 1. The highest BCUT2D eigenvalue weighted by molar-refractivity contribution is 7.99. The van der Waals surface area contributed by atoms with Crippen LogP contribution in [0.5, 0.6) is 0 Å². The zero-order valence-electron chi connectivity index (χ0n) is 13.1. The Balaban J connectivity index is 2.00. The van der Waals surface area contributed by atoms with E-state index in [1.807, 2.05) is 11.8 Å². The van der Waals surface area contributed by atoms with E-state index in [0.717, 1.165) is 25.0 Å². The van der Waals surface area contributed by atoms with Gasteiger partial charge in [-0.2, -0.15) is 11.8 Å². The summed E-state index contributed by atoms with van der Waals surface area (Å²) in [5.41, 5.74) is 7.84. The number of carbonyl (C=O) groups excluding carboxylic acids is 1. The van der Waals surface area contributed by atoms with Gasteiger partial charge in [-0.3, -0.25) is 4.79 Å². The van der Waals surface area contributed by atoms with Crippen LogP contribution in [0.25, 0.3) is 0 Å². The van der Waals surface area contributed by atoms with Crippen LogP contribution in [0.2, 0.25) is 0 Å². The molecule has 5 heteroatoms. The second kappa shape index (κ2) is 7.16. The first-order chi connectivity index (χ1) is 10.0. The van der Waals surface area contributed by atoms with Crippen molar-refractivity contribution < 1.29 is 9.53 Å². The van der Waals surface area contributed by atoms with Crippen molar-refractivity contribution in [2.75, 3.05) is 12.9 Å². The number of methoxy groups -OCH3 is 1. The Morgan fingerprint density at radius 2 is 2.29 bits per heavy atom. The number of nitrogens with two attached hydrogens (primary N) is 1. The second-order valence-electron chi connectivity index (χ2n) is 6.02. The molecule has 0 radical (unpaired) electrons. The van der Waals surface area contributed by atoms with E-state index in [-0.39, 0.29) is 17.4 Å². The molecule has 1 aliphatic rings. The van der Waals surface area contributed by atoms with Crippen molar-refractivity contribution in [3.8, 4) is 0 Å². The zero-order valence-corrected chi connectivity index (χ0v) is 14.7. The lowest BCUT2D eigenvalue weighted by Gasteiger charge is -2.24. The lowest BCUT2D eigenvalue weighted by atomic mass is 10.1. The first-order valence-electron chi connectivity index (χ1n) is 7.49. The molecule has 2 unspecified atom stereocenters. The van der Waals surface area contributed by atoms with Crippen LogP contribution in [0.4, 0.5) is 0 Å². The van der Waals surface area contributed by atoms with Crippen LogP contribution in [0.15, 0.2) is 11.4 Å². The van der Waals surface area contributed by atoms with Crippen LogP contribution >= 0.6 is 23.1 Å². The minimum atomic E-state index is -0.0863. The van der Waals surface area contributed by atoms with Crippen LogP contribution in [0.3, 0.4) is 0 Å². The van der Waals surface area contributed by atoms with E-state index in [2.05, 4.69) is 25.3 Å². The Morgan fingerprint density at radius 3 is 2.76 bits per heavy atom. The highest BCUT2D eigenvalue weighted by Crippen LogP contribution is 2.53. The summed E-state index contributed by atoms with van der Waals surface area (Å²) in [5, 5.41) is 2.48. The van der Waals surface area contributed by atoms with Gasteiger partial charge in [0.2, 0.25) is 0 Å². The Morgan fingerprint density at radius 1 is 1.57 bits per heavy atom. The van der Waals surface area contributed by atoms with Gasteiger partial charge in [-0.15, -0.1) is 11.3 Å². The van der Waals surface area contributed by atoms with Gasteiger partial charge in [-0.25, -0.2) is 0 Å². The lowest BCUT2D eigenvalue weighted by Crippen LogP contribution is -2.26. The van der Waals surface area contributed by atoms with Gasteiger partial charge in [0, 0.05) is 16.7 Å². The van der Waals surface area contributed by atoms with Crippen molar-refractivity contribution in [2.45, 2.75) is 50.8 Å². The molecule has 0 amide bonds. The largest absolute Gasteiger partial charge is 0.469 e. The number of aryl methyl sites for hydroxylation is 1. The fourth-order valence-electron chi connectivity index (χ4n) is 2.48. The van der Waals surface area contributed by atoms with Crippen molar-refractivity contribution in [1.29, 1.82) is 0 Å². The molecule has 1 fully saturated rings. The monoisotopic (exact) mass is 327 g/mol. The highest BCUT2D eigenvalue weighted by atomic mass is 32.2.